The molecule has 0 aromatic rings. The molecule has 0 rings (SSSR count). The highest BCUT2D eigenvalue weighted by Gasteiger charge is 2.18. The minimum Gasteiger partial charge on any atom is -0.466 e. The molecular weight excluding hydrogens is 1090 g/mol. The van der Waals surface area contributed by atoms with E-state index < -0.39 is 12.1 Å². The van der Waals surface area contributed by atoms with Crippen LogP contribution in [-0.4, -0.2) is 47.4 Å². The van der Waals surface area contributed by atoms with Gasteiger partial charge in [-0.1, -0.05) is 390 Å². The van der Waals surface area contributed by atoms with E-state index in [0.29, 0.717) is 19.4 Å². The lowest BCUT2D eigenvalue weighted by molar-refractivity contribution is -0.143. The van der Waals surface area contributed by atoms with Crippen LogP contribution in [0.3, 0.4) is 0 Å². The minimum absolute atomic E-state index is 0.0111. The Labute approximate surface area is 556 Å². The first-order valence-corrected chi connectivity index (χ1v) is 40.4. The Kier molecular flexibility index (Phi) is 76.3. The first kappa shape index (κ1) is 86.8. The van der Waals surface area contributed by atoms with Crippen molar-refractivity contribution in [3.8, 4) is 0 Å². The molecule has 0 fully saturated rings. The van der Waals surface area contributed by atoms with E-state index in [0.717, 1.165) is 51.4 Å². The average Bonchev–Trinajstić information content (AvgIpc) is 3.54. The third-order valence-electron chi connectivity index (χ3n) is 18.8. The number of allylic oxidation sites excluding steroid dienone is 7. The fraction of sp³-hybridized carbons (Fsp3) is 0.880. The molecule has 2 atom stereocenters. The predicted molar refractivity (Wildman–Crippen MR) is 393 cm³/mol. The van der Waals surface area contributed by atoms with Crippen LogP contribution in [0, 0.1) is 0 Å². The molecule has 0 aromatic heterocycles. The van der Waals surface area contributed by atoms with Crippen molar-refractivity contribution in [3.63, 3.8) is 0 Å². The average molecular weight is 1250 g/mol. The van der Waals surface area contributed by atoms with Crippen LogP contribution >= 0.6 is 0 Å². The van der Waals surface area contributed by atoms with Crippen LogP contribution in [0.25, 0.3) is 0 Å². The highest BCUT2D eigenvalue weighted by Crippen LogP contribution is 2.19. The molecular formula is C83H157NO5. The summed E-state index contributed by atoms with van der Waals surface area (Å²) in [5, 5.41) is 23.3. The molecule has 0 spiro atoms. The van der Waals surface area contributed by atoms with E-state index in [1.54, 1.807) is 6.08 Å². The molecule has 1 amide bonds. The summed E-state index contributed by atoms with van der Waals surface area (Å²) in [5.41, 5.74) is 0. The zero-order valence-corrected chi connectivity index (χ0v) is 60.2. The standard InChI is InChI=1S/C83H157NO5/c1-3-5-7-9-11-13-15-17-19-21-23-24-37-40-43-47-51-55-59-63-67-71-75-81(86)80(79-85)84-82(87)76-72-68-64-60-56-52-48-44-41-38-35-33-31-29-27-25-26-28-30-32-34-36-39-42-46-50-54-58-62-66-70-74-78-89-83(88)77-73-69-65-61-57-53-49-45-22-20-18-16-14-12-10-8-6-4-2/h14,16,20,22,28,30,71,75,80-81,85-86H,3-13,15,17-19,21,23-27,29,31-70,72-74,76-79H2,1-2H3,(H,84,87)/b16-14-,22-20-,30-28-,75-71+. The normalized spacial score (nSPS) is 12.7. The Morgan fingerprint density at radius 3 is 0.876 bits per heavy atom. The SMILES string of the molecule is CCCCCC/C=C\C/C=C\CCCCCCCCCC(=O)OCCCCCCCCCCCCCC/C=C\CCCCCCCCCCCCCCCCCCC(=O)NC(CO)C(O)/C=C/CCCCCCCCCCCCCCCCCCCCCC. The lowest BCUT2D eigenvalue weighted by atomic mass is 10.0. The number of rotatable bonds is 76. The van der Waals surface area contributed by atoms with E-state index in [-0.39, 0.29) is 18.5 Å². The number of esters is 1. The summed E-state index contributed by atoms with van der Waals surface area (Å²) in [6, 6.07) is -0.628. The molecule has 89 heavy (non-hydrogen) atoms. The smallest absolute Gasteiger partial charge is 0.305 e. The lowest BCUT2D eigenvalue weighted by Gasteiger charge is -2.20. The van der Waals surface area contributed by atoms with E-state index in [1.165, 1.54) is 366 Å². The van der Waals surface area contributed by atoms with Gasteiger partial charge in [0.1, 0.15) is 0 Å². The van der Waals surface area contributed by atoms with Gasteiger partial charge in [-0.2, -0.15) is 0 Å². The first-order valence-electron chi connectivity index (χ1n) is 40.4. The van der Waals surface area contributed by atoms with Gasteiger partial charge >= 0.3 is 5.97 Å². The molecule has 0 bridgehead atoms. The number of aliphatic hydroxyl groups is 2. The second-order valence-electron chi connectivity index (χ2n) is 27.7. The van der Waals surface area contributed by atoms with Gasteiger partial charge in [0.25, 0.3) is 0 Å². The highest BCUT2D eigenvalue weighted by atomic mass is 16.5. The van der Waals surface area contributed by atoms with Crippen LogP contribution in [0.15, 0.2) is 48.6 Å². The van der Waals surface area contributed by atoms with Crippen LogP contribution in [0.1, 0.15) is 444 Å². The highest BCUT2D eigenvalue weighted by molar-refractivity contribution is 5.76. The maximum Gasteiger partial charge on any atom is 0.305 e. The summed E-state index contributed by atoms with van der Waals surface area (Å²) < 4.78 is 5.51. The molecule has 0 aliphatic carbocycles. The second kappa shape index (κ2) is 78.3. The summed E-state index contributed by atoms with van der Waals surface area (Å²) >= 11 is 0. The number of ether oxygens (including phenoxy) is 1. The number of amides is 1. The van der Waals surface area contributed by atoms with Crippen molar-refractivity contribution in [2.24, 2.45) is 0 Å². The maximum atomic E-state index is 12.5. The number of nitrogens with one attached hydrogen (secondary N) is 1. The van der Waals surface area contributed by atoms with Gasteiger partial charge in [-0.05, 0) is 89.9 Å². The van der Waals surface area contributed by atoms with Crippen LogP contribution in [0.2, 0.25) is 0 Å². The summed E-state index contributed by atoms with van der Waals surface area (Å²) in [6.07, 6.45) is 104. The van der Waals surface area contributed by atoms with Gasteiger partial charge in [0, 0.05) is 12.8 Å². The molecule has 0 saturated carbocycles. The molecule has 0 aliphatic heterocycles. The molecule has 6 heteroatoms. The second-order valence-corrected chi connectivity index (χ2v) is 27.7. The molecule has 0 heterocycles. The maximum absolute atomic E-state index is 12.5. The molecule has 0 radical (unpaired) electrons. The largest absolute Gasteiger partial charge is 0.466 e. The summed E-state index contributed by atoms with van der Waals surface area (Å²) in [7, 11) is 0. The molecule has 524 valence electrons. The Bertz CT molecular complexity index is 1490. The molecule has 2 unspecified atom stereocenters. The van der Waals surface area contributed by atoms with Crippen molar-refractivity contribution < 1.29 is 24.5 Å². The number of hydrogen-bond acceptors (Lipinski definition) is 5. The zero-order chi connectivity index (χ0) is 64.2. The van der Waals surface area contributed by atoms with Gasteiger partial charge in [0.05, 0.1) is 25.4 Å². The first-order chi connectivity index (χ1) is 44.0. The van der Waals surface area contributed by atoms with E-state index in [4.69, 9.17) is 4.74 Å². The Hall–Kier alpha value is -2.18. The molecule has 0 aliphatic rings. The van der Waals surface area contributed by atoms with Crippen molar-refractivity contribution in [3.05, 3.63) is 48.6 Å². The van der Waals surface area contributed by atoms with Crippen LogP contribution in [0.4, 0.5) is 0 Å². The fourth-order valence-electron chi connectivity index (χ4n) is 12.7. The third kappa shape index (κ3) is 74.7. The van der Waals surface area contributed by atoms with Gasteiger partial charge in [-0.15, -0.1) is 0 Å². The number of carbonyl (C=O) groups excluding carboxylic acids is 2. The molecule has 6 nitrogen and oxygen atoms in total. The van der Waals surface area contributed by atoms with Crippen molar-refractivity contribution >= 4 is 11.9 Å². The lowest BCUT2D eigenvalue weighted by Crippen LogP contribution is -2.45. The van der Waals surface area contributed by atoms with Gasteiger partial charge in [-0.25, -0.2) is 0 Å². The van der Waals surface area contributed by atoms with Crippen LogP contribution < -0.4 is 5.32 Å². The van der Waals surface area contributed by atoms with Crippen LogP contribution in [-0.2, 0) is 14.3 Å². The Balaban J connectivity index is 3.38. The van der Waals surface area contributed by atoms with E-state index in [2.05, 4.69) is 55.6 Å². The quantitative estimate of drug-likeness (QED) is 0.0320. The number of aliphatic hydroxyl groups excluding tert-OH is 2. The number of hydrogen-bond donors (Lipinski definition) is 3. The van der Waals surface area contributed by atoms with Gasteiger partial charge in [-0.3, -0.25) is 9.59 Å². The van der Waals surface area contributed by atoms with Crippen molar-refractivity contribution in [1.82, 2.24) is 5.32 Å². The van der Waals surface area contributed by atoms with Crippen molar-refractivity contribution in [1.29, 1.82) is 0 Å². The Morgan fingerprint density at radius 2 is 0.562 bits per heavy atom. The predicted octanol–water partition coefficient (Wildman–Crippen LogP) is 26.8. The summed E-state index contributed by atoms with van der Waals surface area (Å²) in [5.74, 6) is -0.0499. The molecule has 0 saturated heterocycles. The monoisotopic (exact) mass is 1250 g/mol. The van der Waals surface area contributed by atoms with Crippen LogP contribution in [0.5, 0.6) is 0 Å². The van der Waals surface area contributed by atoms with Gasteiger partial charge < -0.3 is 20.3 Å². The minimum atomic E-state index is -0.845. The topological polar surface area (TPSA) is 95.9 Å². The number of unbranched alkanes of at least 4 members (excludes halogenated alkanes) is 59. The summed E-state index contributed by atoms with van der Waals surface area (Å²) in [6.45, 7) is 4.93. The third-order valence-corrected chi connectivity index (χ3v) is 18.8. The van der Waals surface area contributed by atoms with E-state index >= 15 is 0 Å². The zero-order valence-electron chi connectivity index (χ0n) is 60.2. The van der Waals surface area contributed by atoms with E-state index in [9.17, 15) is 19.8 Å². The van der Waals surface area contributed by atoms with Crippen molar-refractivity contribution in [2.45, 2.75) is 456 Å². The molecule has 3 N–H and O–H groups in total. The van der Waals surface area contributed by atoms with Crippen molar-refractivity contribution in [2.75, 3.05) is 13.2 Å². The van der Waals surface area contributed by atoms with Gasteiger partial charge in [0.2, 0.25) is 5.91 Å². The molecule has 0 aromatic carbocycles. The fourth-order valence-corrected chi connectivity index (χ4v) is 12.7. The van der Waals surface area contributed by atoms with Gasteiger partial charge in [0.15, 0.2) is 0 Å². The Morgan fingerprint density at radius 1 is 0.315 bits per heavy atom. The number of carbonyl (C=O) groups is 2. The van der Waals surface area contributed by atoms with E-state index in [1.807, 2.05) is 6.08 Å². The summed E-state index contributed by atoms with van der Waals surface area (Å²) in [4.78, 5) is 24.7.